The average Bonchev–Trinajstić information content (AvgIpc) is 2.89. The van der Waals surface area contributed by atoms with Crippen molar-refractivity contribution in [3.05, 3.63) is 71.5 Å². The van der Waals surface area contributed by atoms with Crippen LogP contribution >= 0.6 is 0 Å². The van der Waals surface area contributed by atoms with Gasteiger partial charge in [0.1, 0.15) is 11.5 Å². The fourth-order valence-corrected chi connectivity index (χ4v) is 4.68. The van der Waals surface area contributed by atoms with Crippen LogP contribution in [-0.2, 0) is 19.5 Å². The van der Waals surface area contributed by atoms with Crippen LogP contribution in [0.2, 0.25) is 0 Å². The zero-order valence-corrected chi connectivity index (χ0v) is 19.4. The molecular weight excluding hydrogens is 414 g/mol. The maximum Gasteiger partial charge on any atom is 0.225 e. The van der Waals surface area contributed by atoms with Crippen LogP contribution in [0.25, 0.3) is 0 Å². The number of hydrogen-bond donors (Lipinski definition) is 0. The summed E-state index contributed by atoms with van der Waals surface area (Å²) in [5.74, 6) is 2.70. The van der Waals surface area contributed by atoms with Gasteiger partial charge in [-0.15, -0.1) is 0 Å². The van der Waals surface area contributed by atoms with Crippen molar-refractivity contribution in [1.29, 1.82) is 0 Å². The molecule has 0 atom stereocenters. The van der Waals surface area contributed by atoms with E-state index >= 15 is 0 Å². The van der Waals surface area contributed by atoms with Crippen LogP contribution < -0.4 is 19.3 Å². The van der Waals surface area contributed by atoms with Gasteiger partial charge in [-0.25, -0.2) is 9.97 Å². The summed E-state index contributed by atoms with van der Waals surface area (Å²) in [6.45, 7) is 6.50. The largest absolute Gasteiger partial charge is 0.497 e. The van der Waals surface area contributed by atoms with Crippen LogP contribution in [0.4, 0.5) is 11.6 Å². The van der Waals surface area contributed by atoms with Crippen molar-refractivity contribution < 1.29 is 9.47 Å². The number of nitrogens with zero attached hydrogens (tertiary/aromatic N) is 5. The first-order valence-corrected chi connectivity index (χ1v) is 11.6. The lowest BCUT2D eigenvalue weighted by molar-refractivity contribution is 0.239. The number of para-hydroxylation sites is 1. The molecule has 3 aromatic rings. The number of hydrogen-bond acceptors (Lipinski definition) is 7. The fraction of sp³-hybridized carbons (Fsp3) is 0.385. The van der Waals surface area contributed by atoms with E-state index in [2.05, 4.69) is 39.0 Å². The first kappa shape index (κ1) is 21.5. The van der Waals surface area contributed by atoms with Crippen molar-refractivity contribution in [2.75, 3.05) is 56.7 Å². The lowest BCUT2D eigenvalue weighted by Gasteiger charge is -2.36. The Kier molecular flexibility index (Phi) is 6.30. The SMILES string of the molecule is COc1ccc(N2CCN(c3ncc4c(n3)CCN(Cc3ccccc3OC)C4)CC2)cc1. The van der Waals surface area contributed by atoms with E-state index in [-0.39, 0.29) is 0 Å². The smallest absolute Gasteiger partial charge is 0.225 e. The summed E-state index contributed by atoms with van der Waals surface area (Å²) in [5.41, 5.74) is 4.87. The summed E-state index contributed by atoms with van der Waals surface area (Å²) in [7, 11) is 3.43. The van der Waals surface area contributed by atoms with E-state index < -0.39 is 0 Å². The van der Waals surface area contributed by atoms with Crippen molar-refractivity contribution >= 4 is 11.6 Å². The molecule has 1 aromatic heterocycles. The summed E-state index contributed by atoms with van der Waals surface area (Å²) in [6, 6.07) is 16.5. The van der Waals surface area contributed by atoms with Gasteiger partial charge >= 0.3 is 0 Å². The van der Waals surface area contributed by atoms with E-state index in [1.807, 2.05) is 30.5 Å². The number of rotatable bonds is 6. The van der Waals surface area contributed by atoms with Crippen LogP contribution in [0, 0.1) is 0 Å². The molecule has 1 saturated heterocycles. The summed E-state index contributed by atoms with van der Waals surface area (Å²) < 4.78 is 10.8. The molecule has 2 aliphatic heterocycles. The molecule has 0 unspecified atom stereocenters. The Bertz CT molecular complexity index is 1080. The molecule has 0 amide bonds. The zero-order valence-electron chi connectivity index (χ0n) is 19.4. The van der Waals surface area contributed by atoms with Gasteiger partial charge in [-0.05, 0) is 30.3 Å². The van der Waals surface area contributed by atoms with Gasteiger partial charge in [-0.2, -0.15) is 0 Å². The van der Waals surface area contributed by atoms with Crippen LogP contribution in [0.1, 0.15) is 16.8 Å². The van der Waals surface area contributed by atoms with E-state index in [4.69, 9.17) is 19.4 Å². The molecule has 0 radical (unpaired) electrons. The topological polar surface area (TPSA) is 54.0 Å². The molecular formula is C26H31N5O2. The Morgan fingerprint density at radius 1 is 0.848 bits per heavy atom. The standard InChI is InChI=1S/C26H31N5O2/c1-32-23-9-7-22(8-10-23)30-13-15-31(16-14-30)26-27-17-21-19-29(12-11-24(21)28-26)18-20-5-3-4-6-25(20)33-2/h3-10,17H,11-16,18-19H2,1-2H3. The molecule has 33 heavy (non-hydrogen) atoms. The minimum absolute atomic E-state index is 0.862. The minimum atomic E-state index is 0.862. The van der Waals surface area contributed by atoms with Crippen molar-refractivity contribution in [3.8, 4) is 11.5 Å². The zero-order chi connectivity index (χ0) is 22.6. The molecule has 0 bridgehead atoms. The molecule has 5 rings (SSSR count). The molecule has 2 aromatic carbocycles. The minimum Gasteiger partial charge on any atom is -0.497 e. The molecule has 0 saturated carbocycles. The summed E-state index contributed by atoms with van der Waals surface area (Å²) >= 11 is 0. The van der Waals surface area contributed by atoms with Crippen molar-refractivity contribution in [2.45, 2.75) is 19.5 Å². The third-order valence-corrected chi connectivity index (χ3v) is 6.59. The molecule has 7 heteroatoms. The number of ether oxygens (including phenoxy) is 2. The van der Waals surface area contributed by atoms with Gasteiger partial charge in [-0.1, -0.05) is 18.2 Å². The molecule has 0 N–H and O–H groups in total. The van der Waals surface area contributed by atoms with E-state index in [1.54, 1.807) is 14.2 Å². The van der Waals surface area contributed by atoms with Crippen LogP contribution in [0.15, 0.2) is 54.7 Å². The van der Waals surface area contributed by atoms with Gasteiger partial charge in [0.15, 0.2) is 0 Å². The third kappa shape index (κ3) is 4.73. The number of methoxy groups -OCH3 is 2. The van der Waals surface area contributed by atoms with E-state index in [0.717, 1.165) is 69.7 Å². The Morgan fingerprint density at radius 3 is 2.36 bits per heavy atom. The number of aromatic nitrogens is 2. The van der Waals surface area contributed by atoms with Crippen molar-refractivity contribution in [2.24, 2.45) is 0 Å². The predicted molar refractivity (Wildman–Crippen MR) is 130 cm³/mol. The van der Waals surface area contributed by atoms with Gasteiger partial charge in [0.25, 0.3) is 0 Å². The van der Waals surface area contributed by atoms with Crippen LogP contribution in [0.5, 0.6) is 11.5 Å². The second-order valence-electron chi connectivity index (χ2n) is 8.59. The Balaban J connectivity index is 1.20. The van der Waals surface area contributed by atoms with Crippen molar-refractivity contribution in [1.82, 2.24) is 14.9 Å². The molecule has 0 aliphatic carbocycles. The first-order chi connectivity index (χ1) is 16.2. The normalized spacial score (nSPS) is 16.4. The lowest BCUT2D eigenvalue weighted by atomic mass is 10.1. The highest BCUT2D eigenvalue weighted by atomic mass is 16.5. The van der Waals surface area contributed by atoms with Gasteiger partial charge in [0.2, 0.25) is 5.95 Å². The van der Waals surface area contributed by atoms with E-state index in [9.17, 15) is 0 Å². The van der Waals surface area contributed by atoms with Gasteiger partial charge in [0.05, 0.1) is 19.9 Å². The van der Waals surface area contributed by atoms with Gasteiger partial charge in [0, 0.05) is 75.2 Å². The molecule has 172 valence electrons. The first-order valence-electron chi connectivity index (χ1n) is 11.6. The van der Waals surface area contributed by atoms with Gasteiger partial charge in [-0.3, -0.25) is 4.90 Å². The molecule has 7 nitrogen and oxygen atoms in total. The van der Waals surface area contributed by atoms with E-state index in [1.165, 1.54) is 22.5 Å². The van der Waals surface area contributed by atoms with Crippen LogP contribution in [-0.4, -0.2) is 61.8 Å². The molecule has 3 heterocycles. The highest BCUT2D eigenvalue weighted by molar-refractivity contribution is 5.51. The lowest BCUT2D eigenvalue weighted by Crippen LogP contribution is -2.47. The average molecular weight is 446 g/mol. The van der Waals surface area contributed by atoms with Gasteiger partial charge < -0.3 is 19.3 Å². The quantitative estimate of drug-likeness (QED) is 0.577. The van der Waals surface area contributed by atoms with Crippen LogP contribution in [0.3, 0.4) is 0 Å². The molecule has 2 aliphatic rings. The molecule has 0 spiro atoms. The Hall–Kier alpha value is -3.32. The maximum atomic E-state index is 5.52. The monoisotopic (exact) mass is 445 g/mol. The fourth-order valence-electron chi connectivity index (χ4n) is 4.68. The highest BCUT2D eigenvalue weighted by Gasteiger charge is 2.23. The number of piperazine rings is 1. The Morgan fingerprint density at radius 2 is 1.61 bits per heavy atom. The third-order valence-electron chi connectivity index (χ3n) is 6.59. The number of benzene rings is 2. The van der Waals surface area contributed by atoms with E-state index in [0.29, 0.717) is 0 Å². The second-order valence-corrected chi connectivity index (χ2v) is 8.59. The maximum absolute atomic E-state index is 5.52. The highest BCUT2D eigenvalue weighted by Crippen LogP contribution is 2.25. The number of fused-ring (bicyclic) bond motifs is 1. The summed E-state index contributed by atoms with van der Waals surface area (Å²) in [6.07, 6.45) is 2.98. The predicted octanol–water partition coefficient (Wildman–Crippen LogP) is 3.38. The Labute approximate surface area is 195 Å². The van der Waals surface area contributed by atoms with Crippen molar-refractivity contribution in [3.63, 3.8) is 0 Å². The molecule has 1 fully saturated rings. The summed E-state index contributed by atoms with van der Waals surface area (Å²) in [5, 5.41) is 0. The second kappa shape index (κ2) is 9.67. The summed E-state index contributed by atoms with van der Waals surface area (Å²) in [4.78, 5) is 16.9. The number of anilines is 2.